The second-order valence-electron chi connectivity index (χ2n) is 3.74. The molecule has 0 heterocycles. The second-order valence-corrected chi connectivity index (χ2v) is 3.74. The summed E-state index contributed by atoms with van der Waals surface area (Å²) in [5, 5.41) is 0. The largest absolute Gasteiger partial charge is 0.324 e. The Balaban J connectivity index is 2.56. The quantitative estimate of drug-likeness (QED) is 0.650. The third-order valence-corrected chi connectivity index (χ3v) is 2.91. The van der Waals surface area contributed by atoms with Crippen LogP contribution >= 0.6 is 0 Å². The van der Waals surface area contributed by atoms with Crippen molar-refractivity contribution in [3.8, 4) is 0 Å². The highest BCUT2D eigenvalue weighted by Gasteiger charge is 2.19. The van der Waals surface area contributed by atoms with Gasteiger partial charge in [0.25, 0.3) is 0 Å². The van der Waals surface area contributed by atoms with E-state index in [0.717, 1.165) is 36.0 Å². The van der Waals surface area contributed by atoms with E-state index < -0.39 is 0 Å². The van der Waals surface area contributed by atoms with Gasteiger partial charge in [-0.3, -0.25) is 0 Å². The van der Waals surface area contributed by atoms with E-state index in [0.29, 0.717) is 0 Å². The zero-order valence-electron chi connectivity index (χ0n) is 7.81. The van der Waals surface area contributed by atoms with E-state index in [2.05, 4.69) is 0 Å². The molecule has 1 atom stereocenters. The Morgan fingerprint density at radius 2 is 2.23 bits per heavy atom. The fourth-order valence-electron chi connectivity index (χ4n) is 2.08. The maximum absolute atomic E-state index is 13.2. The molecule has 13 heavy (non-hydrogen) atoms. The first kappa shape index (κ1) is 8.70. The molecule has 0 saturated heterocycles. The molecule has 0 aromatic heterocycles. The van der Waals surface area contributed by atoms with E-state index in [1.54, 1.807) is 0 Å². The minimum absolute atomic E-state index is 0.104. The van der Waals surface area contributed by atoms with Crippen LogP contribution in [0.15, 0.2) is 12.1 Å². The minimum atomic E-state index is -0.104. The van der Waals surface area contributed by atoms with Gasteiger partial charge < -0.3 is 5.73 Å². The number of fused-ring (bicyclic) bond motifs is 1. The molecule has 1 aromatic carbocycles. The lowest BCUT2D eigenvalue weighted by atomic mass is 9.85. The summed E-state index contributed by atoms with van der Waals surface area (Å²) in [5.74, 6) is -0.104. The molecule has 2 N–H and O–H groups in total. The zero-order valence-corrected chi connectivity index (χ0v) is 7.81. The molecule has 70 valence electrons. The number of benzene rings is 1. The molecule has 1 nitrogen and oxygen atoms in total. The molecular formula is C11H14FN. The number of rotatable bonds is 0. The third kappa shape index (κ3) is 1.35. The molecule has 0 radical (unpaired) electrons. The van der Waals surface area contributed by atoms with Crippen molar-refractivity contribution in [2.24, 2.45) is 5.73 Å². The minimum Gasteiger partial charge on any atom is -0.324 e. The topological polar surface area (TPSA) is 26.0 Å². The number of nitrogens with two attached hydrogens (primary N) is 1. The number of hydrogen-bond donors (Lipinski definition) is 1. The highest BCUT2D eigenvalue weighted by Crippen LogP contribution is 2.30. The molecule has 0 saturated carbocycles. The molecule has 1 aliphatic rings. The average molecular weight is 179 g/mol. The number of halogens is 1. The van der Waals surface area contributed by atoms with Crippen LogP contribution in [0.5, 0.6) is 0 Å². The van der Waals surface area contributed by atoms with Crippen molar-refractivity contribution in [3.63, 3.8) is 0 Å². The van der Waals surface area contributed by atoms with E-state index in [9.17, 15) is 4.39 Å². The molecule has 1 unspecified atom stereocenters. The van der Waals surface area contributed by atoms with E-state index in [4.69, 9.17) is 5.73 Å². The average Bonchev–Trinajstić information content (AvgIpc) is 2.12. The summed E-state index contributed by atoms with van der Waals surface area (Å²) in [6.07, 6.45) is 3.09. The van der Waals surface area contributed by atoms with Gasteiger partial charge in [-0.05, 0) is 48.9 Å². The monoisotopic (exact) mass is 179 g/mol. The van der Waals surface area contributed by atoms with Crippen LogP contribution in [0.25, 0.3) is 0 Å². The predicted molar refractivity (Wildman–Crippen MR) is 51.0 cm³/mol. The summed E-state index contributed by atoms with van der Waals surface area (Å²) in [6, 6.07) is 3.48. The lowest BCUT2D eigenvalue weighted by molar-refractivity contribution is 0.554. The maximum atomic E-state index is 13.2. The van der Waals surface area contributed by atoms with Crippen LogP contribution in [0, 0.1) is 12.7 Å². The van der Waals surface area contributed by atoms with Gasteiger partial charge >= 0.3 is 0 Å². The van der Waals surface area contributed by atoms with Gasteiger partial charge in [0.2, 0.25) is 0 Å². The molecule has 0 aliphatic heterocycles. The van der Waals surface area contributed by atoms with E-state index in [1.165, 1.54) is 6.07 Å². The van der Waals surface area contributed by atoms with Gasteiger partial charge in [-0.1, -0.05) is 6.07 Å². The Labute approximate surface area is 77.8 Å². The van der Waals surface area contributed by atoms with Gasteiger partial charge in [-0.2, -0.15) is 0 Å². The first-order valence-electron chi connectivity index (χ1n) is 4.73. The van der Waals surface area contributed by atoms with Gasteiger partial charge in [0, 0.05) is 6.04 Å². The molecular weight excluding hydrogens is 165 g/mol. The first-order valence-corrected chi connectivity index (χ1v) is 4.73. The van der Waals surface area contributed by atoms with Gasteiger partial charge in [-0.25, -0.2) is 4.39 Å². The van der Waals surface area contributed by atoms with Gasteiger partial charge in [-0.15, -0.1) is 0 Å². The highest BCUT2D eigenvalue weighted by molar-refractivity contribution is 5.38. The van der Waals surface area contributed by atoms with E-state index in [-0.39, 0.29) is 11.9 Å². The smallest absolute Gasteiger partial charge is 0.126 e. The molecule has 2 rings (SSSR count). The van der Waals surface area contributed by atoms with Crippen molar-refractivity contribution in [1.29, 1.82) is 0 Å². The molecule has 0 spiro atoms. The molecule has 2 heteroatoms. The van der Waals surface area contributed by atoms with E-state index >= 15 is 0 Å². The van der Waals surface area contributed by atoms with Crippen LogP contribution in [0.2, 0.25) is 0 Å². The lowest BCUT2D eigenvalue weighted by Crippen LogP contribution is -2.18. The van der Waals surface area contributed by atoms with Crippen LogP contribution in [0.4, 0.5) is 4.39 Å². The summed E-state index contributed by atoms with van der Waals surface area (Å²) in [5.41, 5.74) is 9.01. The summed E-state index contributed by atoms with van der Waals surface area (Å²) in [4.78, 5) is 0. The summed E-state index contributed by atoms with van der Waals surface area (Å²) < 4.78 is 13.2. The molecule has 0 amide bonds. The summed E-state index contributed by atoms with van der Waals surface area (Å²) in [7, 11) is 0. The normalized spacial score (nSPS) is 21.3. The molecule has 1 aliphatic carbocycles. The van der Waals surface area contributed by atoms with Gasteiger partial charge in [0.1, 0.15) is 5.82 Å². The fourth-order valence-corrected chi connectivity index (χ4v) is 2.08. The van der Waals surface area contributed by atoms with Gasteiger partial charge in [0.05, 0.1) is 0 Å². The van der Waals surface area contributed by atoms with Crippen LogP contribution in [0.1, 0.15) is 35.6 Å². The van der Waals surface area contributed by atoms with Gasteiger partial charge in [0.15, 0.2) is 0 Å². The van der Waals surface area contributed by atoms with Crippen molar-refractivity contribution in [3.05, 3.63) is 34.6 Å². The molecule has 1 aromatic rings. The fraction of sp³-hybridized carbons (Fsp3) is 0.455. The Hall–Kier alpha value is -0.890. The van der Waals surface area contributed by atoms with Crippen LogP contribution in [-0.2, 0) is 6.42 Å². The van der Waals surface area contributed by atoms with Crippen LogP contribution in [-0.4, -0.2) is 0 Å². The Morgan fingerprint density at radius 3 is 3.00 bits per heavy atom. The zero-order chi connectivity index (χ0) is 9.42. The van der Waals surface area contributed by atoms with Crippen molar-refractivity contribution in [1.82, 2.24) is 0 Å². The third-order valence-electron chi connectivity index (χ3n) is 2.91. The summed E-state index contributed by atoms with van der Waals surface area (Å²) in [6.45, 7) is 1.84. The Morgan fingerprint density at radius 1 is 1.46 bits per heavy atom. The summed E-state index contributed by atoms with van der Waals surface area (Å²) >= 11 is 0. The van der Waals surface area contributed by atoms with Crippen molar-refractivity contribution >= 4 is 0 Å². The lowest BCUT2D eigenvalue weighted by Gasteiger charge is -2.23. The van der Waals surface area contributed by atoms with E-state index in [1.807, 2.05) is 13.0 Å². The highest BCUT2D eigenvalue weighted by atomic mass is 19.1. The second kappa shape index (κ2) is 3.11. The Bertz CT molecular complexity index is 333. The maximum Gasteiger partial charge on any atom is 0.126 e. The SMILES string of the molecule is Cc1c(F)ccc2c1CCCC2N. The predicted octanol–water partition coefficient (Wildman–Crippen LogP) is 2.47. The molecule has 0 bridgehead atoms. The Kier molecular flexibility index (Phi) is 2.08. The van der Waals surface area contributed by atoms with Crippen LogP contribution in [0.3, 0.4) is 0 Å². The standard InChI is InChI=1S/C11H14FN/c1-7-8-3-2-4-11(13)9(8)5-6-10(7)12/h5-6,11H,2-4,13H2,1H3. The van der Waals surface area contributed by atoms with Crippen molar-refractivity contribution in [2.75, 3.05) is 0 Å². The number of hydrogen-bond acceptors (Lipinski definition) is 1. The first-order chi connectivity index (χ1) is 6.20. The van der Waals surface area contributed by atoms with Crippen LogP contribution < -0.4 is 5.73 Å². The van der Waals surface area contributed by atoms with Crippen molar-refractivity contribution in [2.45, 2.75) is 32.2 Å². The molecule has 0 fully saturated rings. The van der Waals surface area contributed by atoms with Crippen molar-refractivity contribution < 1.29 is 4.39 Å².